The lowest BCUT2D eigenvalue weighted by atomic mass is 10.1. The van der Waals surface area contributed by atoms with E-state index < -0.39 is 0 Å². The molecule has 1 N–H and O–H groups in total. The maximum atomic E-state index is 13.7. The highest BCUT2D eigenvalue weighted by Gasteiger charge is 2.19. The Morgan fingerprint density at radius 2 is 2.31 bits per heavy atom. The van der Waals surface area contributed by atoms with E-state index in [1.54, 1.807) is 17.4 Å². The molecule has 1 aliphatic rings. The van der Waals surface area contributed by atoms with E-state index in [1.807, 2.05) is 13.0 Å². The second kappa shape index (κ2) is 3.56. The van der Waals surface area contributed by atoms with Crippen molar-refractivity contribution in [3.8, 4) is 10.4 Å². The number of anilines is 1. The minimum Gasteiger partial charge on any atom is -0.382 e. The highest BCUT2D eigenvalue weighted by Crippen LogP contribution is 2.38. The van der Waals surface area contributed by atoms with Gasteiger partial charge in [0, 0.05) is 18.5 Å². The van der Waals surface area contributed by atoms with Gasteiger partial charge in [-0.3, -0.25) is 0 Å². The zero-order valence-electron chi connectivity index (χ0n) is 8.88. The number of rotatable bonds is 0. The van der Waals surface area contributed by atoms with Crippen LogP contribution in [0.15, 0.2) is 18.2 Å². The van der Waals surface area contributed by atoms with Crippen molar-refractivity contribution in [2.75, 3.05) is 11.9 Å². The predicted molar refractivity (Wildman–Crippen MR) is 64.4 cm³/mol. The molecule has 0 saturated heterocycles. The summed E-state index contributed by atoms with van der Waals surface area (Å²) >= 11 is 1.64. The Balaban J connectivity index is 2.29. The summed E-state index contributed by atoms with van der Waals surface area (Å²) in [6.07, 6.45) is 0.855. The highest BCUT2D eigenvalue weighted by molar-refractivity contribution is 7.15. The standard InChI is InChI=1S/C12H11FN2S/c1-7-15-10-5-6-14-11-8(12(10)16-7)3-2-4-9(11)13/h2-4,14H,5-6H2,1H3. The SMILES string of the molecule is Cc1nc2c(s1)-c1cccc(F)c1NCC2. The molecule has 2 aromatic rings. The van der Waals surface area contributed by atoms with Gasteiger partial charge in [-0.05, 0) is 13.0 Å². The monoisotopic (exact) mass is 234 g/mol. The summed E-state index contributed by atoms with van der Waals surface area (Å²) in [7, 11) is 0. The summed E-state index contributed by atoms with van der Waals surface area (Å²) in [5, 5.41) is 4.18. The number of nitrogens with one attached hydrogen (secondary N) is 1. The molecule has 82 valence electrons. The van der Waals surface area contributed by atoms with Crippen LogP contribution in [0.2, 0.25) is 0 Å². The number of hydrogen-bond acceptors (Lipinski definition) is 3. The molecule has 0 amide bonds. The van der Waals surface area contributed by atoms with Crippen LogP contribution in [0.1, 0.15) is 10.7 Å². The molecule has 0 unspecified atom stereocenters. The molecule has 2 nitrogen and oxygen atoms in total. The Bertz CT molecular complexity index is 548. The van der Waals surface area contributed by atoms with E-state index in [2.05, 4.69) is 10.3 Å². The Hall–Kier alpha value is -1.42. The summed E-state index contributed by atoms with van der Waals surface area (Å²) in [5.74, 6) is -0.184. The number of nitrogens with zero attached hydrogens (tertiary/aromatic N) is 1. The molecule has 1 aliphatic heterocycles. The fourth-order valence-corrected chi connectivity index (χ4v) is 3.05. The number of para-hydroxylation sites is 1. The van der Waals surface area contributed by atoms with Gasteiger partial charge in [0.05, 0.1) is 21.3 Å². The quantitative estimate of drug-likeness (QED) is 0.757. The topological polar surface area (TPSA) is 24.9 Å². The van der Waals surface area contributed by atoms with Crippen LogP contribution >= 0.6 is 11.3 Å². The first-order chi connectivity index (χ1) is 7.75. The van der Waals surface area contributed by atoms with Crippen molar-refractivity contribution in [3.05, 3.63) is 34.7 Å². The van der Waals surface area contributed by atoms with Crippen molar-refractivity contribution in [1.82, 2.24) is 4.98 Å². The van der Waals surface area contributed by atoms with Gasteiger partial charge in [-0.25, -0.2) is 9.37 Å². The Morgan fingerprint density at radius 1 is 1.44 bits per heavy atom. The first kappa shape index (κ1) is 9.78. The maximum Gasteiger partial charge on any atom is 0.146 e. The summed E-state index contributed by atoms with van der Waals surface area (Å²) < 4.78 is 13.7. The molecule has 0 aliphatic carbocycles. The molecule has 3 rings (SSSR count). The molecular weight excluding hydrogens is 223 g/mol. The number of aryl methyl sites for hydroxylation is 1. The molecule has 2 heterocycles. The van der Waals surface area contributed by atoms with Crippen LogP contribution in [0.25, 0.3) is 10.4 Å². The Kier molecular flexibility index (Phi) is 2.17. The fourth-order valence-electron chi connectivity index (χ4n) is 2.05. The molecular formula is C12H11FN2S. The van der Waals surface area contributed by atoms with E-state index in [-0.39, 0.29) is 5.82 Å². The molecule has 0 atom stereocenters. The van der Waals surface area contributed by atoms with Crippen LogP contribution in [0.3, 0.4) is 0 Å². The van der Waals surface area contributed by atoms with Crippen molar-refractivity contribution in [1.29, 1.82) is 0 Å². The third kappa shape index (κ3) is 1.41. The molecule has 1 aromatic heterocycles. The molecule has 0 radical (unpaired) electrons. The molecule has 0 saturated carbocycles. The van der Waals surface area contributed by atoms with Crippen molar-refractivity contribution in [2.45, 2.75) is 13.3 Å². The predicted octanol–water partition coefficient (Wildman–Crippen LogP) is 3.23. The normalized spacial score (nSPS) is 13.6. The number of thiazole rings is 1. The van der Waals surface area contributed by atoms with Gasteiger partial charge >= 0.3 is 0 Å². The number of halogens is 1. The van der Waals surface area contributed by atoms with E-state index in [0.717, 1.165) is 34.1 Å². The third-order valence-electron chi connectivity index (χ3n) is 2.73. The number of fused-ring (bicyclic) bond motifs is 3. The summed E-state index contributed by atoms with van der Waals surface area (Å²) in [6, 6.07) is 5.19. The van der Waals surface area contributed by atoms with E-state index >= 15 is 0 Å². The van der Waals surface area contributed by atoms with Crippen LogP contribution in [0.4, 0.5) is 10.1 Å². The van der Waals surface area contributed by atoms with Gasteiger partial charge in [0.1, 0.15) is 5.82 Å². The first-order valence-corrected chi connectivity index (χ1v) is 6.06. The van der Waals surface area contributed by atoms with Crippen LogP contribution < -0.4 is 5.32 Å². The average molecular weight is 234 g/mol. The minimum atomic E-state index is -0.184. The van der Waals surface area contributed by atoms with Gasteiger partial charge in [-0.15, -0.1) is 11.3 Å². The maximum absolute atomic E-state index is 13.7. The average Bonchev–Trinajstić information content (AvgIpc) is 2.53. The van der Waals surface area contributed by atoms with Crippen LogP contribution in [-0.4, -0.2) is 11.5 Å². The number of aromatic nitrogens is 1. The lowest BCUT2D eigenvalue weighted by Crippen LogP contribution is -2.04. The van der Waals surface area contributed by atoms with Gasteiger partial charge in [0.15, 0.2) is 0 Å². The number of hydrogen-bond donors (Lipinski definition) is 1. The lowest BCUT2D eigenvalue weighted by molar-refractivity contribution is 0.631. The minimum absolute atomic E-state index is 0.184. The molecule has 4 heteroatoms. The molecule has 16 heavy (non-hydrogen) atoms. The Labute approximate surface area is 97.2 Å². The summed E-state index contributed by atoms with van der Waals surface area (Å²) in [5.41, 5.74) is 2.64. The van der Waals surface area contributed by atoms with Crippen LogP contribution in [-0.2, 0) is 6.42 Å². The van der Waals surface area contributed by atoms with Gasteiger partial charge < -0.3 is 5.32 Å². The molecule has 0 spiro atoms. The van der Waals surface area contributed by atoms with Gasteiger partial charge in [-0.2, -0.15) is 0 Å². The second-order valence-electron chi connectivity index (χ2n) is 3.85. The van der Waals surface area contributed by atoms with Crippen molar-refractivity contribution >= 4 is 17.0 Å². The van der Waals surface area contributed by atoms with Gasteiger partial charge in [-0.1, -0.05) is 12.1 Å². The van der Waals surface area contributed by atoms with Crippen LogP contribution in [0.5, 0.6) is 0 Å². The van der Waals surface area contributed by atoms with E-state index in [4.69, 9.17) is 0 Å². The zero-order chi connectivity index (χ0) is 11.1. The Morgan fingerprint density at radius 3 is 3.19 bits per heavy atom. The lowest BCUT2D eigenvalue weighted by Gasteiger charge is -2.07. The van der Waals surface area contributed by atoms with E-state index in [9.17, 15) is 4.39 Å². The van der Waals surface area contributed by atoms with E-state index in [1.165, 1.54) is 6.07 Å². The van der Waals surface area contributed by atoms with Crippen LogP contribution in [0, 0.1) is 12.7 Å². The molecule has 0 bridgehead atoms. The fraction of sp³-hybridized carbons (Fsp3) is 0.250. The first-order valence-electron chi connectivity index (χ1n) is 5.25. The molecule has 1 aromatic carbocycles. The zero-order valence-corrected chi connectivity index (χ0v) is 9.70. The van der Waals surface area contributed by atoms with Gasteiger partial charge in [0.2, 0.25) is 0 Å². The van der Waals surface area contributed by atoms with Crippen molar-refractivity contribution in [3.63, 3.8) is 0 Å². The van der Waals surface area contributed by atoms with Crippen molar-refractivity contribution in [2.24, 2.45) is 0 Å². The molecule has 0 fully saturated rings. The largest absolute Gasteiger partial charge is 0.382 e. The number of benzene rings is 1. The summed E-state index contributed by atoms with van der Waals surface area (Å²) in [6.45, 7) is 2.73. The summed E-state index contributed by atoms with van der Waals surface area (Å²) in [4.78, 5) is 5.60. The van der Waals surface area contributed by atoms with Crippen molar-refractivity contribution < 1.29 is 4.39 Å². The smallest absolute Gasteiger partial charge is 0.146 e. The highest BCUT2D eigenvalue weighted by atomic mass is 32.1. The van der Waals surface area contributed by atoms with E-state index in [0.29, 0.717) is 5.69 Å². The van der Waals surface area contributed by atoms with Gasteiger partial charge in [0.25, 0.3) is 0 Å². The second-order valence-corrected chi connectivity index (χ2v) is 5.05. The third-order valence-corrected chi connectivity index (χ3v) is 3.77.